The van der Waals surface area contributed by atoms with Crippen LogP contribution in [0.5, 0.6) is 5.75 Å². The van der Waals surface area contributed by atoms with Crippen molar-refractivity contribution in [3.05, 3.63) is 51.2 Å². The molecule has 0 radical (unpaired) electrons. The maximum Gasteiger partial charge on any atom is 0.220 e. The van der Waals surface area contributed by atoms with Crippen LogP contribution in [0.15, 0.2) is 36.4 Å². The Morgan fingerprint density at radius 1 is 1.30 bits per heavy atom. The molecule has 2 amide bonds. The number of nitrogens with one attached hydrogen (secondary N) is 2. The summed E-state index contributed by atoms with van der Waals surface area (Å²) in [6, 6.07) is 11.6. The summed E-state index contributed by atoms with van der Waals surface area (Å²) in [4.78, 5) is 25.2. The van der Waals surface area contributed by atoms with Gasteiger partial charge in [-0.3, -0.25) is 9.59 Å². The van der Waals surface area contributed by atoms with Gasteiger partial charge in [-0.05, 0) is 49.1 Å². The molecule has 1 unspecified atom stereocenters. The minimum Gasteiger partial charge on any atom is -0.497 e. The first-order valence-corrected chi connectivity index (χ1v) is 10.1. The highest BCUT2D eigenvalue weighted by molar-refractivity contribution is 7.16. The van der Waals surface area contributed by atoms with Crippen LogP contribution < -0.4 is 15.4 Å². The summed E-state index contributed by atoms with van der Waals surface area (Å²) < 4.78 is 5.91. The lowest BCUT2D eigenvalue weighted by Crippen LogP contribution is -2.44. The molecule has 5 nitrogen and oxygen atoms in total. The Morgan fingerprint density at radius 2 is 2.07 bits per heavy atom. The Balaban J connectivity index is 1.57. The van der Waals surface area contributed by atoms with E-state index in [-0.39, 0.29) is 17.4 Å². The topological polar surface area (TPSA) is 67.4 Å². The van der Waals surface area contributed by atoms with Crippen LogP contribution in [0.2, 0.25) is 4.34 Å². The minimum atomic E-state index is -0.366. The first kappa shape index (κ1) is 19.7. The lowest BCUT2D eigenvalue weighted by atomic mass is 9.85. The van der Waals surface area contributed by atoms with E-state index in [4.69, 9.17) is 16.3 Å². The van der Waals surface area contributed by atoms with Gasteiger partial charge < -0.3 is 15.4 Å². The summed E-state index contributed by atoms with van der Waals surface area (Å²) in [5, 5.41) is 6.04. The van der Waals surface area contributed by atoms with Crippen molar-refractivity contribution in [1.82, 2.24) is 10.6 Å². The van der Waals surface area contributed by atoms with Crippen LogP contribution in [0.1, 0.15) is 36.1 Å². The van der Waals surface area contributed by atoms with Crippen LogP contribution in [-0.4, -0.2) is 24.5 Å². The molecule has 0 saturated carbocycles. The molecule has 2 heterocycles. The van der Waals surface area contributed by atoms with E-state index in [1.807, 2.05) is 36.4 Å². The van der Waals surface area contributed by atoms with Gasteiger partial charge in [0.2, 0.25) is 11.8 Å². The molecule has 2 N–H and O–H groups in total. The van der Waals surface area contributed by atoms with Crippen LogP contribution >= 0.6 is 22.9 Å². The minimum absolute atomic E-state index is 0.0187. The molecule has 1 atom stereocenters. The smallest absolute Gasteiger partial charge is 0.220 e. The lowest BCUT2D eigenvalue weighted by Gasteiger charge is -2.29. The number of carbonyl (C=O) groups is 2. The second kappa shape index (κ2) is 8.76. The maximum absolute atomic E-state index is 12.3. The van der Waals surface area contributed by atoms with E-state index in [2.05, 4.69) is 10.6 Å². The number of amides is 2. The summed E-state index contributed by atoms with van der Waals surface area (Å²) in [6.07, 6.45) is 2.94. The SMILES string of the molecule is COc1ccc(CC2(CCC(=O)NCc3ccc(Cl)s3)CCC(=O)N2)cc1. The second-order valence-corrected chi connectivity index (χ2v) is 8.64. The summed E-state index contributed by atoms with van der Waals surface area (Å²) in [5.41, 5.74) is 0.751. The van der Waals surface area contributed by atoms with Crippen LogP contribution in [0.25, 0.3) is 0 Å². The third kappa shape index (κ3) is 5.47. The average molecular weight is 407 g/mol. The molecular weight excluding hydrogens is 384 g/mol. The normalized spacial score (nSPS) is 19.0. The highest BCUT2D eigenvalue weighted by Crippen LogP contribution is 2.30. The fourth-order valence-electron chi connectivity index (χ4n) is 3.39. The standard InChI is InChI=1S/C20H23ClN2O3S/c1-26-15-4-2-14(3-5-15)12-20(11-9-19(25)23-20)10-8-18(24)22-13-16-6-7-17(21)27-16/h2-7H,8-13H2,1H3,(H,22,24)(H,23,25). The van der Waals surface area contributed by atoms with E-state index in [0.29, 0.717) is 36.6 Å². The predicted molar refractivity (Wildman–Crippen MR) is 107 cm³/mol. The van der Waals surface area contributed by atoms with E-state index in [1.165, 1.54) is 11.3 Å². The van der Waals surface area contributed by atoms with Gasteiger partial charge in [0.15, 0.2) is 0 Å². The van der Waals surface area contributed by atoms with Crippen molar-refractivity contribution in [2.75, 3.05) is 7.11 Å². The van der Waals surface area contributed by atoms with Gasteiger partial charge in [-0.2, -0.15) is 0 Å². The quantitative estimate of drug-likeness (QED) is 0.702. The largest absolute Gasteiger partial charge is 0.497 e. The zero-order valence-electron chi connectivity index (χ0n) is 15.2. The first-order chi connectivity index (χ1) is 13.0. The summed E-state index contributed by atoms with van der Waals surface area (Å²) in [6.45, 7) is 0.480. The van der Waals surface area contributed by atoms with E-state index in [0.717, 1.165) is 22.6 Å². The Bertz CT molecular complexity index is 806. The molecule has 1 fully saturated rings. The Hall–Kier alpha value is -2.05. The number of hydrogen-bond donors (Lipinski definition) is 2. The molecule has 0 bridgehead atoms. The van der Waals surface area contributed by atoms with Gasteiger partial charge in [0.05, 0.1) is 18.0 Å². The van der Waals surface area contributed by atoms with E-state index < -0.39 is 0 Å². The number of rotatable bonds is 8. The third-order valence-corrected chi connectivity index (χ3v) is 6.09. The summed E-state index contributed by atoms with van der Waals surface area (Å²) in [7, 11) is 1.64. The summed E-state index contributed by atoms with van der Waals surface area (Å²) in [5.74, 6) is 0.836. The van der Waals surface area contributed by atoms with E-state index in [1.54, 1.807) is 7.11 Å². The second-order valence-electron chi connectivity index (χ2n) is 6.84. The molecule has 7 heteroatoms. The van der Waals surface area contributed by atoms with Gasteiger partial charge in [-0.1, -0.05) is 23.7 Å². The fraction of sp³-hybridized carbons (Fsp3) is 0.400. The van der Waals surface area contributed by atoms with Gasteiger partial charge in [0, 0.05) is 23.3 Å². The predicted octanol–water partition coefficient (Wildman–Crippen LogP) is 3.70. The average Bonchev–Trinajstić information content (AvgIpc) is 3.25. The first-order valence-electron chi connectivity index (χ1n) is 8.93. The number of benzene rings is 1. The van der Waals surface area contributed by atoms with Crippen LogP contribution in [0, 0.1) is 0 Å². The molecular formula is C20H23ClN2O3S. The van der Waals surface area contributed by atoms with Gasteiger partial charge in [-0.15, -0.1) is 11.3 Å². The Labute approximate surface area is 168 Å². The van der Waals surface area contributed by atoms with Gasteiger partial charge in [0.25, 0.3) is 0 Å². The van der Waals surface area contributed by atoms with Crippen molar-refractivity contribution in [2.24, 2.45) is 0 Å². The fourth-order valence-corrected chi connectivity index (χ4v) is 4.42. The summed E-state index contributed by atoms with van der Waals surface area (Å²) >= 11 is 7.37. The zero-order valence-corrected chi connectivity index (χ0v) is 16.8. The van der Waals surface area contributed by atoms with Crippen LogP contribution in [0.4, 0.5) is 0 Å². The monoisotopic (exact) mass is 406 g/mol. The molecule has 1 aliphatic rings. The molecule has 2 aromatic rings. The van der Waals surface area contributed by atoms with Crippen molar-refractivity contribution in [3.8, 4) is 5.75 Å². The highest BCUT2D eigenvalue weighted by atomic mass is 35.5. The van der Waals surface area contributed by atoms with E-state index in [9.17, 15) is 9.59 Å². The Morgan fingerprint density at radius 3 is 2.67 bits per heavy atom. The molecule has 3 rings (SSSR count). The maximum atomic E-state index is 12.3. The van der Waals surface area contributed by atoms with Crippen molar-refractivity contribution in [2.45, 2.75) is 44.2 Å². The molecule has 0 aliphatic carbocycles. The van der Waals surface area contributed by atoms with Crippen LogP contribution in [0.3, 0.4) is 0 Å². The van der Waals surface area contributed by atoms with Crippen molar-refractivity contribution >= 4 is 34.8 Å². The molecule has 1 aliphatic heterocycles. The van der Waals surface area contributed by atoms with Crippen molar-refractivity contribution < 1.29 is 14.3 Å². The number of halogens is 1. The van der Waals surface area contributed by atoms with E-state index >= 15 is 0 Å². The molecule has 0 spiro atoms. The molecule has 27 heavy (non-hydrogen) atoms. The zero-order chi connectivity index (χ0) is 19.3. The number of thiophene rings is 1. The molecule has 1 saturated heterocycles. The van der Waals surface area contributed by atoms with Crippen molar-refractivity contribution in [1.29, 1.82) is 0 Å². The van der Waals surface area contributed by atoms with Gasteiger partial charge in [-0.25, -0.2) is 0 Å². The number of carbonyl (C=O) groups excluding carboxylic acids is 2. The van der Waals surface area contributed by atoms with Crippen molar-refractivity contribution in [3.63, 3.8) is 0 Å². The molecule has 1 aromatic carbocycles. The van der Waals surface area contributed by atoms with Crippen LogP contribution in [-0.2, 0) is 22.6 Å². The number of ether oxygens (including phenoxy) is 1. The molecule has 144 valence electrons. The highest BCUT2D eigenvalue weighted by Gasteiger charge is 2.37. The Kier molecular flexibility index (Phi) is 6.39. The van der Waals surface area contributed by atoms with Gasteiger partial charge in [0.1, 0.15) is 5.75 Å². The molecule has 1 aromatic heterocycles. The number of hydrogen-bond acceptors (Lipinski definition) is 4. The number of methoxy groups -OCH3 is 1. The third-order valence-electron chi connectivity index (χ3n) is 4.86. The lowest BCUT2D eigenvalue weighted by molar-refractivity contribution is -0.122. The van der Waals surface area contributed by atoms with Gasteiger partial charge >= 0.3 is 0 Å².